The first kappa shape index (κ1) is 17.4. The molecule has 4 rings (SSSR count). The molecule has 140 valence electrons. The summed E-state index contributed by atoms with van der Waals surface area (Å²) in [5, 5.41) is 10.8. The zero-order chi connectivity index (χ0) is 18.1. The highest BCUT2D eigenvalue weighted by atomic mass is 16.3. The molecule has 1 saturated heterocycles. The van der Waals surface area contributed by atoms with E-state index in [4.69, 9.17) is 0 Å². The minimum Gasteiger partial charge on any atom is -0.371 e. The average Bonchev–Trinajstić information content (AvgIpc) is 3.17. The number of hydrogen-bond acceptors (Lipinski definition) is 6. The lowest BCUT2D eigenvalue weighted by molar-refractivity contribution is -0.127. The van der Waals surface area contributed by atoms with Crippen LogP contribution in [-0.2, 0) is 4.79 Å². The molecule has 2 aromatic heterocycles. The van der Waals surface area contributed by atoms with E-state index in [-0.39, 0.29) is 0 Å². The quantitative estimate of drug-likeness (QED) is 0.814. The zero-order valence-corrected chi connectivity index (χ0v) is 15.3. The molecule has 1 spiro atoms. The maximum atomic E-state index is 10.8. The average molecular weight is 357 g/mol. The Bertz CT molecular complexity index is 758. The van der Waals surface area contributed by atoms with Crippen molar-refractivity contribution in [3.05, 3.63) is 18.6 Å². The van der Waals surface area contributed by atoms with Crippen molar-refractivity contribution < 1.29 is 9.90 Å². The van der Waals surface area contributed by atoms with E-state index in [1.807, 2.05) is 17.2 Å². The molecule has 1 aliphatic heterocycles. The largest absolute Gasteiger partial charge is 0.371 e. The molecule has 2 aromatic rings. The number of piperidine rings is 1. The molecule has 7 nitrogen and oxygen atoms in total. The number of nitrogens with zero attached hydrogens (tertiary/aromatic N) is 4. The Labute approximate surface area is 153 Å². The molecule has 3 heterocycles. The van der Waals surface area contributed by atoms with E-state index < -0.39 is 6.23 Å². The van der Waals surface area contributed by atoms with Crippen LogP contribution in [0.4, 0.5) is 5.82 Å². The second kappa shape index (κ2) is 6.96. The summed E-state index contributed by atoms with van der Waals surface area (Å²) in [5.41, 5.74) is 1.26. The third-order valence-corrected chi connectivity index (χ3v) is 6.59. The number of anilines is 1. The fourth-order valence-electron chi connectivity index (χ4n) is 4.76. The SMILES string of the molecule is CN(c1ncnc2[nH]ccc12)C1CCC2(CC1)CCN([C@@H](O)C=O)CC2. The second-order valence-corrected chi connectivity index (χ2v) is 7.86. The molecule has 7 heteroatoms. The number of H-pyrrole nitrogens is 1. The summed E-state index contributed by atoms with van der Waals surface area (Å²) < 4.78 is 0. The van der Waals surface area contributed by atoms with Gasteiger partial charge in [0.15, 0.2) is 12.5 Å². The van der Waals surface area contributed by atoms with Gasteiger partial charge >= 0.3 is 0 Å². The van der Waals surface area contributed by atoms with Crippen molar-refractivity contribution in [2.75, 3.05) is 25.0 Å². The Balaban J connectivity index is 1.39. The van der Waals surface area contributed by atoms with Gasteiger partial charge < -0.3 is 15.0 Å². The molecule has 2 N–H and O–H groups in total. The summed E-state index contributed by atoms with van der Waals surface area (Å²) >= 11 is 0. The number of likely N-dealkylation sites (tertiary alicyclic amines) is 1. The van der Waals surface area contributed by atoms with E-state index in [1.165, 1.54) is 12.8 Å². The van der Waals surface area contributed by atoms with Gasteiger partial charge in [-0.3, -0.25) is 9.69 Å². The second-order valence-electron chi connectivity index (χ2n) is 7.86. The fourth-order valence-corrected chi connectivity index (χ4v) is 4.76. The van der Waals surface area contributed by atoms with Crippen LogP contribution in [0.2, 0.25) is 0 Å². The summed E-state index contributed by atoms with van der Waals surface area (Å²) in [6.07, 6.45) is 10.1. The van der Waals surface area contributed by atoms with Crippen LogP contribution in [-0.4, -0.2) is 63.7 Å². The van der Waals surface area contributed by atoms with Crippen LogP contribution < -0.4 is 4.90 Å². The predicted molar refractivity (Wildman–Crippen MR) is 99.9 cm³/mol. The van der Waals surface area contributed by atoms with Crippen molar-refractivity contribution >= 4 is 23.1 Å². The van der Waals surface area contributed by atoms with Gasteiger partial charge in [0, 0.05) is 32.4 Å². The number of aliphatic hydroxyl groups excluding tert-OH is 1. The molecular weight excluding hydrogens is 330 g/mol. The number of fused-ring (bicyclic) bond motifs is 1. The molecule has 26 heavy (non-hydrogen) atoms. The Morgan fingerprint density at radius 2 is 2.04 bits per heavy atom. The molecule has 1 aliphatic carbocycles. The number of nitrogens with one attached hydrogen (secondary N) is 1. The molecule has 1 atom stereocenters. The molecule has 2 fully saturated rings. The molecule has 0 radical (unpaired) electrons. The van der Waals surface area contributed by atoms with Crippen molar-refractivity contribution in [2.24, 2.45) is 5.41 Å². The van der Waals surface area contributed by atoms with Crippen LogP contribution in [0.5, 0.6) is 0 Å². The number of carbonyl (C=O) groups excluding carboxylic acids is 1. The Kier molecular flexibility index (Phi) is 4.67. The standard InChI is InChI=1S/C19H27N5O2/c1-23(18-15-4-9-20-17(15)21-13-22-18)14-2-5-19(6-3-14)7-10-24(11-8-19)16(26)12-25/h4,9,12-14,16,26H,2-3,5-8,10-11H2,1H3,(H,20,21,22)/t16-/m0/s1. The lowest BCUT2D eigenvalue weighted by Crippen LogP contribution is -2.48. The van der Waals surface area contributed by atoms with Crippen LogP contribution in [0.25, 0.3) is 11.0 Å². The first-order valence-corrected chi connectivity index (χ1v) is 9.50. The molecular formula is C19H27N5O2. The normalized spacial score (nSPS) is 22.5. The first-order valence-electron chi connectivity index (χ1n) is 9.50. The van der Waals surface area contributed by atoms with Crippen LogP contribution >= 0.6 is 0 Å². The maximum absolute atomic E-state index is 10.8. The lowest BCUT2D eigenvalue weighted by atomic mass is 9.66. The zero-order valence-electron chi connectivity index (χ0n) is 15.3. The number of aldehydes is 1. The minimum absolute atomic E-state index is 0.380. The molecule has 0 amide bonds. The highest BCUT2D eigenvalue weighted by Crippen LogP contribution is 2.46. The highest BCUT2D eigenvalue weighted by molar-refractivity contribution is 5.87. The van der Waals surface area contributed by atoms with Gasteiger partial charge in [-0.15, -0.1) is 0 Å². The van der Waals surface area contributed by atoms with Crippen molar-refractivity contribution in [3.63, 3.8) is 0 Å². The molecule has 0 unspecified atom stereocenters. The maximum Gasteiger partial charge on any atom is 0.163 e. The van der Waals surface area contributed by atoms with Crippen LogP contribution in [0.1, 0.15) is 38.5 Å². The van der Waals surface area contributed by atoms with Gasteiger partial charge in [-0.25, -0.2) is 9.97 Å². The van der Waals surface area contributed by atoms with E-state index in [0.717, 1.165) is 55.6 Å². The molecule has 2 aliphatic rings. The minimum atomic E-state index is -0.934. The Morgan fingerprint density at radius 1 is 1.31 bits per heavy atom. The van der Waals surface area contributed by atoms with Crippen molar-refractivity contribution in [3.8, 4) is 0 Å². The number of aliphatic hydroxyl groups is 1. The Morgan fingerprint density at radius 3 is 2.73 bits per heavy atom. The number of rotatable bonds is 4. The third kappa shape index (κ3) is 3.10. The summed E-state index contributed by atoms with van der Waals surface area (Å²) in [7, 11) is 2.14. The van der Waals surface area contributed by atoms with Gasteiger partial charge in [0.05, 0.1) is 5.39 Å². The number of hydrogen-bond donors (Lipinski definition) is 2. The summed E-state index contributed by atoms with van der Waals surface area (Å²) in [6.45, 7) is 1.63. The van der Waals surface area contributed by atoms with Crippen LogP contribution in [0.15, 0.2) is 18.6 Å². The van der Waals surface area contributed by atoms with E-state index in [1.54, 1.807) is 6.33 Å². The van der Waals surface area contributed by atoms with E-state index in [0.29, 0.717) is 17.7 Å². The van der Waals surface area contributed by atoms with Gasteiger partial charge in [0.2, 0.25) is 0 Å². The predicted octanol–water partition coefficient (Wildman–Crippen LogP) is 1.94. The van der Waals surface area contributed by atoms with Crippen molar-refractivity contribution in [1.82, 2.24) is 19.9 Å². The van der Waals surface area contributed by atoms with E-state index in [2.05, 4.69) is 26.9 Å². The van der Waals surface area contributed by atoms with Crippen molar-refractivity contribution in [2.45, 2.75) is 50.8 Å². The molecule has 0 bridgehead atoms. The fraction of sp³-hybridized carbons (Fsp3) is 0.632. The van der Waals surface area contributed by atoms with Crippen molar-refractivity contribution in [1.29, 1.82) is 0 Å². The first-order chi connectivity index (χ1) is 12.6. The van der Waals surface area contributed by atoms with E-state index >= 15 is 0 Å². The molecule has 1 saturated carbocycles. The lowest BCUT2D eigenvalue weighted by Gasteiger charge is -2.47. The number of carbonyl (C=O) groups is 1. The summed E-state index contributed by atoms with van der Waals surface area (Å²) in [5.74, 6) is 1.00. The van der Waals surface area contributed by atoms with Gasteiger partial charge in [0.1, 0.15) is 17.8 Å². The van der Waals surface area contributed by atoms with Gasteiger partial charge in [-0.2, -0.15) is 0 Å². The summed E-state index contributed by atoms with van der Waals surface area (Å²) in [4.78, 5) is 27.0. The highest BCUT2D eigenvalue weighted by Gasteiger charge is 2.40. The molecule has 0 aromatic carbocycles. The van der Waals surface area contributed by atoms with Gasteiger partial charge in [-0.1, -0.05) is 0 Å². The number of aromatic nitrogens is 3. The third-order valence-electron chi connectivity index (χ3n) is 6.59. The smallest absolute Gasteiger partial charge is 0.163 e. The number of aromatic amines is 1. The topological polar surface area (TPSA) is 85.3 Å². The van der Waals surface area contributed by atoms with Gasteiger partial charge in [0.25, 0.3) is 0 Å². The monoisotopic (exact) mass is 357 g/mol. The summed E-state index contributed by atoms with van der Waals surface area (Å²) in [6, 6.07) is 2.53. The van der Waals surface area contributed by atoms with Crippen LogP contribution in [0.3, 0.4) is 0 Å². The van der Waals surface area contributed by atoms with Crippen LogP contribution in [0, 0.1) is 5.41 Å². The van der Waals surface area contributed by atoms with Gasteiger partial charge in [-0.05, 0) is 50.0 Å². The Hall–Kier alpha value is -1.99. The van der Waals surface area contributed by atoms with E-state index in [9.17, 15) is 9.90 Å².